The Bertz CT molecular complexity index is 352. The normalized spacial score (nSPS) is 11.8. The van der Waals surface area contributed by atoms with Gasteiger partial charge >= 0.3 is 5.97 Å². The summed E-state index contributed by atoms with van der Waals surface area (Å²) in [6.45, 7) is 5.48. The van der Waals surface area contributed by atoms with Crippen LogP contribution in [0, 0.1) is 0 Å². The standard InChI is InChI=1S/C9H11N3O2/c1-3-6(2)11-7-4-5-10-8(12-7)9(13)14/h3-6H,1H2,2H3,(H,13,14)(H,10,11,12). The second-order valence-corrected chi connectivity index (χ2v) is 2.74. The van der Waals surface area contributed by atoms with Crippen molar-refractivity contribution in [3.8, 4) is 0 Å². The Hall–Kier alpha value is -1.91. The highest BCUT2D eigenvalue weighted by molar-refractivity contribution is 5.83. The van der Waals surface area contributed by atoms with Crippen molar-refractivity contribution in [3.05, 3.63) is 30.7 Å². The summed E-state index contributed by atoms with van der Waals surface area (Å²) in [5.74, 6) is -0.879. The van der Waals surface area contributed by atoms with E-state index in [0.29, 0.717) is 5.82 Å². The SMILES string of the molecule is C=CC(C)Nc1ccnc(C(=O)O)n1. The first-order chi connectivity index (χ1) is 6.63. The van der Waals surface area contributed by atoms with E-state index >= 15 is 0 Å². The molecule has 1 heterocycles. The molecule has 0 fully saturated rings. The van der Waals surface area contributed by atoms with Crippen LogP contribution >= 0.6 is 0 Å². The molecule has 5 heteroatoms. The molecule has 0 saturated carbocycles. The van der Waals surface area contributed by atoms with E-state index in [9.17, 15) is 4.79 Å². The van der Waals surface area contributed by atoms with Crippen molar-refractivity contribution in [2.45, 2.75) is 13.0 Å². The summed E-state index contributed by atoms with van der Waals surface area (Å²) in [6.07, 6.45) is 3.09. The van der Waals surface area contributed by atoms with Crippen molar-refractivity contribution in [1.29, 1.82) is 0 Å². The largest absolute Gasteiger partial charge is 0.475 e. The van der Waals surface area contributed by atoms with Gasteiger partial charge in [0.1, 0.15) is 5.82 Å². The molecule has 0 spiro atoms. The Morgan fingerprint density at radius 2 is 2.50 bits per heavy atom. The van der Waals surface area contributed by atoms with Crippen LogP contribution in [0.3, 0.4) is 0 Å². The van der Waals surface area contributed by atoms with E-state index in [1.807, 2.05) is 6.92 Å². The number of aromatic nitrogens is 2. The minimum absolute atomic E-state index is 0.0338. The van der Waals surface area contributed by atoms with Crippen molar-refractivity contribution in [2.75, 3.05) is 5.32 Å². The van der Waals surface area contributed by atoms with Gasteiger partial charge in [-0.05, 0) is 13.0 Å². The minimum Gasteiger partial charge on any atom is -0.475 e. The fraction of sp³-hybridized carbons (Fsp3) is 0.222. The average molecular weight is 193 g/mol. The van der Waals surface area contributed by atoms with E-state index < -0.39 is 5.97 Å². The van der Waals surface area contributed by atoms with Crippen LogP contribution in [0.15, 0.2) is 24.9 Å². The van der Waals surface area contributed by atoms with E-state index in [4.69, 9.17) is 5.11 Å². The van der Waals surface area contributed by atoms with E-state index in [2.05, 4.69) is 21.9 Å². The summed E-state index contributed by atoms with van der Waals surface area (Å²) in [5, 5.41) is 11.6. The molecular weight excluding hydrogens is 182 g/mol. The monoisotopic (exact) mass is 193 g/mol. The van der Waals surface area contributed by atoms with E-state index in [1.165, 1.54) is 6.20 Å². The molecule has 1 rings (SSSR count). The summed E-state index contributed by atoms with van der Waals surface area (Å²) in [7, 11) is 0. The van der Waals surface area contributed by atoms with Gasteiger partial charge in [-0.25, -0.2) is 14.8 Å². The van der Waals surface area contributed by atoms with Gasteiger partial charge in [0.25, 0.3) is 0 Å². The Kier molecular flexibility index (Phi) is 3.17. The number of aromatic carboxylic acids is 1. The van der Waals surface area contributed by atoms with Gasteiger partial charge in [0, 0.05) is 12.2 Å². The maximum Gasteiger partial charge on any atom is 0.374 e. The van der Waals surface area contributed by atoms with E-state index in [-0.39, 0.29) is 11.9 Å². The quantitative estimate of drug-likeness (QED) is 0.702. The van der Waals surface area contributed by atoms with Crippen LogP contribution in [0.25, 0.3) is 0 Å². The molecule has 0 aromatic carbocycles. The molecule has 1 unspecified atom stereocenters. The Labute approximate surface area is 81.5 Å². The number of anilines is 1. The van der Waals surface area contributed by atoms with Crippen LogP contribution in [0.1, 0.15) is 17.5 Å². The summed E-state index contributed by atoms with van der Waals surface area (Å²) >= 11 is 0. The second kappa shape index (κ2) is 4.36. The number of hydrogen-bond donors (Lipinski definition) is 2. The number of carbonyl (C=O) groups is 1. The molecule has 0 bridgehead atoms. The zero-order valence-corrected chi connectivity index (χ0v) is 7.77. The van der Waals surface area contributed by atoms with Crippen molar-refractivity contribution < 1.29 is 9.90 Å². The third kappa shape index (κ3) is 2.55. The summed E-state index contributed by atoms with van der Waals surface area (Å²) in [4.78, 5) is 17.9. The smallest absolute Gasteiger partial charge is 0.374 e. The highest BCUT2D eigenvalue weighted by atomic mass is 16.4. The van der Waals surface area contributed by atoms with Gasteiger partial charge < -0.3 is 10.4 Å². The highest BCUT2D eigenvalue weighted by Gasteiger charge is 2.07. The second-order valence-electron chi connectivity index (χ2n) is 2.74. The predicted molar refractivity (Wildman–Crippen MR) is 52.3 cm³/mol. The number of nitrogens with one attached hydrogen (secondary N) is 1. The van der Waals surface area contributed by atoms with E-state index in [1.54, 1.807) is 12.1 Å². The Morgan fingerprint density at radius 1 is 1.79 bits per heavy atom. The molecular formula is C9H11N3O2. The summed E-state index contributed by atoms with van der Waals surface area (Å²) in [6, 6.07) is 1.64. The Balaban J connectivity index is 2.83. The number of carboxylic acids is 1. The van der Waals surface area contributed by atoms with Crippen LogP contribution in [-0.2, 0) is 0 Å². The van der Waals surface area contributed by atoms with Gasteiger partial charge in [-0.2, -0.15) is 0 Å². The average Bonchev–Trinajstić information content (AvgIpc) is 2.18. The fourth-order valence-corrected chi connectivity index (χ4v) is 0.834. The van der Waals surface area contributed by atoms with Gasteiger partial charge in [0.05, 0.1) is 0 Å². The van der Waals surface area contributed by atoms with Gasteiger partial charge in [0.15, 0.2) is 0 Å². The summed E-state index contributed by atoms with van der Waals surface area (Å²) in [5.41, 5.74) is 0. The van der Waals surface area contributed by atoms with Crippen molar-refractivity contribution in [2.24, 2.45) is 0 Å². The zero-order chi connectivity index (χ0) is 10.6. The third-order valence-electron chi connectivity index (χ3n) is 1.58. The van der Waals surface area contributed by atoms with Crippen molar-refractivity contribution in [3.63, 3.8) is 0 Å². The first-order valence-corrected chi connectivity index (χ1v) is 4.09. The first kappa shape index (κ1) is 10.2. The lowest BCUT2D eigenvalue weighted by Gasteiger charge is -2.09. The number of rotatable bonds is 4. The molecule has 1 aromatic heterocycles. The topological polar surface area (TPSA) is 75.1 Å². The maximum atomic E-state index is 10.5. The lowest BCUT2D eigenvalue weighted by atomic mass is 10.3. The van der Waals surface area contributed by atoms with Crippen LogP contribution in [0.5, 0.6) is 0 Å². The molecule has 0 radical (unpaired) electrons. The molecule has 1 aromatic rings. The number of carboxylic acid groups (broad SMARTS) is 1. The van der Waals surface area contributed by atoms with Crippen molar-refractivity contribution in [1.82, 2.24) is 9.97 Å². The molecule has 1 atom stereocenters. The van der Waals surface area contributed by atoms with E-state index in [0.717, 1.165) is 0 Å². The van der Waals surface area contributed by atoms with Crippen LogP contribution in [0.2, 0.25) is 0 Å². The van der Waals surface area contributed by atoms with Crippen molar-refractivity contribution >= 4 is 11.8 Å². The molecule has 74 valence electrons. The third-order valence-corrected chi connectivity index (χ3v) is 1.58. The predicted octanol–water partition coefficient (Wildman–Crippen LogP) is 1.16. The van der Waals surface area contributed by atoms with Crippen LogP contribution in [-0.4, -0.2) is 27.1 Å². The molecule has 14 heavy (non-hydrogen) atoms. The number of hydrogen-bond acceptors (Lipinski definition) is 4. The molecule has 2 N–H and O–H groups in total. The lowest BCUT2D eigenvalue weighted by molar-refractivity contribution is 0.0683. The Morgan fingerprint density at radius 3 is 3.07 bits per heavy atom. The van der Waals surface area contributed by atoms with Gasteiger partial charge in [-0.15, -0.1) is 6.58 Å². The van der Waals surface area contributed by atoms with Gasteiger partial charge in [-0.1, -0.05) is 6.08 Å². The molecule has 5 nitrogen and oxygen atoms in total. The molecule has 0 aliphatic heterocycles. The maximum absolute atomic E-state index is 10.5. The first-order valence-electron chi connectivity index (χ1n) is 4.09. The highest BCUT2D eigenvalue weighted by Crippen LogP contribution is 2.04. The molecule has 0 amide bonds. The zero-order valence-electron chi connectivity index (χ0n) is 7.77. The fourth-order valence-electron chi connectivity index (χ4n) is 0.834. The van der Waals surface area contributed by atoms with Crippen LogP contribution < -0.4 is 5.32 Å². The number of nitrogens with zero attached hydrogens (tertiary/aromatic N) is 2. The van der Waals surface area contributed by atoms with Crippen LogP contribution in [0.4, 0.5) is 5.82 Å². The molecule has 0 aliphatic rings. The molecule has 0 aliphatic carbocycles. The van der Waals surface area contributed by atoms with Gasteiger partial charge in [0.2, 0.25) is 5.82 Å². The van der Waals surface area contributed by atoms with Gasteiger partial charge in [-0.3, -0.25) is 0 Å². The minimum atomic E-state index is -1.14. The summed E-state index contributed by atoms with van der Waals surface area (Å²) < 4.78 is 0. The lowest BCUT2D eigenvalue weighted by Crippen LogP contribution is -2.14. The molecule has 0 saturated heterocycles.